The molecule has 1 heterocycles. The third-order valence-corrected chi connectivity index (χ3v) is 5.83. The van der Waals surface area contributed by atoms with Crippen LogP contribution in [0, 0.1) is 12.7 Å². The van der Waals surface area contributed by atoms with E-state index in [0.717, 1.165) is 25.2 Å². The van der Waals surface area contributed by atoms with Crippen molar-refractivity contribution in [3.8, 4) is 5.75 Å². The predicted molar refractivity (Wildman–Crippen MR) is 138 cm³/mol. The first-order valence-corrected chi connectivity index (χ1v) is 11.6. The third kappa shape index (κ3) is 6.92. The number of likely N-dealkylation sites (tertiary alicyclic amines) is 1. The summed E-state index contributed by atoms with van der Waals surface area (Å²) in [5, 5.41) is 6.04. The van der Waals surface area contributed by atoms with Gasteiger partial charge in [0.25, 0.3) is 0 Å². The molecule has 0 bridgehead atoms. The van der Waals surface area contributed by atoms with Crippen molar-refractivity contribution >= 4 is 34.7 Å². The highest BCUT2D eigenvalue weighted by molar-refractivity contribution is 6.31. The Balaban J connectivity index is 1.80. The maximum Gasteiger partial charge on any atom is 0.248 e. The van der Waals surface area contributed by atoms with Crippen LogP contribution in [0.4, 0.5) is 15.8 Å². The molecule has 0 aromatic heterocycles. The molecule has 180 valence electrons. The number of piperidine rings is 1. The van der Waals surface area contributed by atoms with Gasteiger partial charge in [-0.05, 0) is 68.8 Å². The van der Waals surface area contributed by atoms with E-state index in [9.17, 15) is 9.18 Å². The van der Waals surface area contributed by atoms with Gasteiger partial charge < -0.3 is 15.4 Å². The van der Waals surface area contributed by atoms with Crippen molar-refractivity contribution in [1.29, 1.82) is 0 Å². The van der Waals surface area contributed by atoms with Crippen molar-refractivity contribution in [2.45, 2.75) is 26.2 Å². The van der Waals surface area contributed by atoms with Gasteiger partial charge >= 0.3 is 0 Å². The van der Waals surface area contributed by atoms with E-state index in [2.05, 4.69) is 27.1 Å². The number of hydrogen-bond acceptors (Lipinski definition) is 4. The monoisotopic (exact) mass is 484 g/mol. The quantitative estimate of drug-likeness (QED) is 0.283. The molecule has 3 rings (SSSR count). The topological polar surface area (TPSA) is 66.0 Å². The van der Waals surface area contributed by atoms with Gasteiger partial charge in [-0.1, -0.05) is 30.7 Å². The molecule has 34 heavy (non-hydrogen) atoms. The minimum absolute atomic E-state index is 0.00120. The lowest BCUT2D eigenvalue weighted by molar-refractivity contribution is -0.111. The Bertz CT molecular complexity index is 1090. The largest absolute Gasteiger partial charge is 0.495 e. The fraction of sp³-hybridized carbons (Fsp3) is 0.308. The maximum absolute atomic E-state index is 13.6. The van der Waals surface area contributed by atoms with Crippen LogP contribution in [0.5, 0.6) is 5.75 Å². The van der Waals surface area contributed by atoms with Crippen LogP contribution >= 0.6 is 11.6 Å². The minimum atomic E-state index is -0.506. The molecule has 0 spiro atoms. The Hall–Kier alpha value is -3.16. The molecular formula is C26H30ClFN4O2. The first kappa shape index (κ1) is 25.5. The SMILES string of the molecule is C=CN=C(Nc1ccc(F)c(Cl)c1)c1cc(NC(=O)/C=C/CN2CCCCC2)c(OC)cc1C. The van der Waals surface area contributed by atoms with E-state index in [-0.39, 0.29) is 10.9 Å². The Morgan fingerprint density at radius 1 is 1.24 bits per heavy atom. The molecule has 0 unspecified atom stereocenters. The van der Waals surface area contributed by atoms with Crippen molar-refractivity contribution in [3.05, 3.63) is 77.2 Å². The van der Waals surface area contributed by atoms with Gasteiger partial charge in [-0.15, -0.1) is 0 Å². The molecule has 8 heteroatoms. The highest BCUT2D eigenvalue weighted by Crippen LogP contribution is 2.30. The van der Waals surface area contributed by atoms with E-state index in [1.54, 1.807) is 25.3 Å². The Labute approximate surface area is 205 Å². The fourth-order valence-corrected chi connectivity index (χ4v) is 3.98. The van der Waals surface area contributed by atoms with Crippen molar-refractivity contribution < 1.29 is 13.9 Å². The standard InChI is InChI=1S/C26H30ClFN4O2/c1-4-29-26(30-19-10-11-22(28)21(27)16-19)20-17-23(24(34-3)15-18(20)2)31-25(33)9-8-14-32-12-6-5-7-13-32/h4,8-11,15-17H,1,5-7,12-14H2,2-3H3,(H,29,30)(H,31,33)/b9-8+. The summed E-state index contributed by atoms with van der Waals surface area (Å²) in [6.45, 7) is 8.48. The smallest absolute Gasteiger partial charge is 0.248 e. The van der Waals surface area contributed by atoms with Gasteiger partial charge in [0.2, 0.25) is 5.91 Å². The Kier molecular flexibility index (Phi) is 9.24. The van der Waals surface area contributed by atoms with Crippen molar-refractivity contribution in [3.63, 3.8) is 0 Å². The van der Waals surface area contributed by atoms with Crippen LogP contribution in [0.1, 0.15) is 30.4 Å². The molecule has 1 saturated heterocycles. The second kappa shape index (κ2) is 12.3. The van der Waals surface area contributed by atoms with E-state index in [1.807, 2.05) is 19.1 Å². The Morgan fingerprint density at radius 3 is 2.68 bits per heavy atom. The number of anilines is 2. The van der Waals surface area contributed by atoms with Crippen LogP contribution in [-0.4, -0.2) is 43.4 Å². The summed E-state index contributed by atoms with van der Waals surface area (Å²) >= 11 is 5.92. The number of hydrogen-bond donors (Lipinski definition) is 2. The number of benzene rings is 2. The van der Waals surface area contributed by atoms with Crippen molar-refractivity contribution in [2.75, 3.05) is 37.4 Å². The molecule has 0 aliphatic carbocycles. The number of halogens is 2. The molecule has 2 N–H and O–H groups in total. The van der Waals surface area contributed by atoms with E-state index < -0.39 is 5.82 Å². The molecule has 1 aliphatic heterocycles. The number of nitrogens with zero attached hydrogens (tertiary/aromatic N) is 2. The fourth-order valence-electron chi connectivity index (χ4n) is 3.80. The van der Waals surface area contributed by atoms with Crippen LogP contribution in [0.3, 0.4) is 0 Å². The molecule has 1 amide bonds. The molecule has 0 radical (unpaired) electrons. The Morgan fingerprint density at radius 2 is 2.00 bits per heavy atom. The van der Waals surface area contributed by atoms with Gasteiger partial charge in [-0.2, -0.15) is 0 Å². The van der Waals surface area contributed by atoms with Gasteiger partial charge in [0.15, 0.2) is 0 Å². The summed E-state index contributed by atoms with van der Waals surface area (Å²) in [6, 6.07) is 7.92. The number of aryl methyl sites for hydroxylation is 1. The molecule has 2 aromatic rings. The number of rotatable bonds is 8. The summed E-state index contributed by atoms with van der Waals surface area (Å²) in [5.41, 5.74) is 2.64. The number of amides is 1. The van der Waals surface area contributed by atoms with Crippen LogP contribution < -0.4 is 15.4 Å². The number of carbonyl (C=O) groups is 1. The summed E-state index contributed by atoms with van der Waals surface area (Å²) in [4.78, 5) is 19.3. The summed E-state index contributed by atoms with van der Waals surface area (Å²) < 4.78 is 19.0. The molecule has 6 nitrogen and oxygen atoms in total. The molecular weight excluding hydrogens is 455 g/mol. The first-order chi connectivity index (χ1) is 16.4. The van der Waals surface area contributed by atoms with Crippen molar-refractivity contribution in [1.82, 2.24) is 4.90 Å². The van der Waals surface area contributed by atoms with Crippen LogP contribution in [-0.2, 0) is 4.79 Å². The number of methoxy groups -OCH3 is 1. The van der Waals surface area contributed by atoms with Crippen LogP contribution in [0.15, 0.2) is 60.3 Å². The summed E-state index contributed by atoms with van der Waals surface area (Å²) in [5.74, 6) is 0.245. The van der Waals surface area contributed by atoms with Gasteiger partial charge in [0.05, 0.1) is 17.8 Å². The maximum atomic E-state index is 13.6. The molecule has 1 fully saturated rings. The average molecular weight is 485 g/mol. The highest BCUT2D eigenvalue weighted by Gasteiger charge is 2.15. The summed E-state index contributed by atoms with van der Waals surface area (Å²) in [6.07, 6.45) is 8.51. The van der Waals surface area contributed by atoms with Gasteiger partial charge in [0.1, 0.15) is 17.4 Å². The lowest BCUT2D eigenvalue weighted by atomic mass is 10.1. The van der Waals surface area contributed by atoms with Gasteiger partial charge in [0, 0.05) is 30.1 Å². The number of ether oxygens (including phenoxy) is 1. The van der Waals surface area contributed by atoms with E-state index in [4.69, 9.17) is 16.3 Å². The third-order valence-electron chi connectivity index (χ3n) is 5.54. The normalized spacial score (nSPS) is 14.8. The molecule has 0 atom stereocenters. The average Bonchev–Trinajstić information content (AvgIpc) is 2.82. The second-order valence-corrected chi connectivity index (χ2v) is 8.44. The number of aliphatic imine (C=N–C) groups is 1. The minimum Gasteiger partial charge on any atom is -0.495 e. The van der Waals surface area contributed by atoms with Crippen LogP contribution in [0.2, 0.25) is 5.02 Å². The second-order valence-electron chi connectivity index (χ2n) is 8.03. The van der Waals surface area contributed by atoms with Gasteiger partial charge in [-0.3, -0.25) is 9.69 Å². The van der Waals surface area contributed by atoms with E-state index in [1.165, 1.54) is 37.6 Å². The van der Waals surface area contributed by atoms with Crippen LogP contribution in [0.25, 0.3) is 0 Å². The molecule has 1 aliphatic rings. The lowest BCUT2D eigenvalue weighted by Crippen LogP contribution is -2.29. The number of carbonyl (C=O) groups excluding carboxylic acids is 1. The predicted octanol–water partition coefficient (Wildman–Crippen LogP) is 5.78. The highest BCUT2D eigenvalue weighted by atomic mass is 35.5. The molecule has 0 saturated carbocycles. The van der Waals surface area contributed by atoms with E-state index >= 15 is 0 Å². The lowest BCUT2D eigenvalue weighted by Gasteiger charge is -2.24. The number of amidine groups is 1. The molecule has 2 aromatic carbocycles. The zero-order valence-corrected chi connectivity index (χ0v) is 20.3. The summed E-state index contributed by atoms with van der Waals surface area (Å²) in [7, 11) is 1.55. The van der Waals surface area contributed by atoms with E-state index in [0.29, 0.717) is 28.5 Å². The zero-order chi connectivity index (χ0) is 24.5. The zero-order valence-electron chi connectivity index (χ0n) is 19.5. The van der Waals surface area contributed by atoms with Crippen molar-refractivity contribution in [2.24, 2.45) is 4.99 Å². The first-order valence-electron chi connectivity index (χ1n) is 11.2. The van der Waals surface area contributed by atoms with Gasteiger partial charge in [-0.25, -0.2) is 9.38 Å². The number of nitrogens with one attached hydrogen (secondary N) is 2.